The van der Waals surface area contributed by atoms with Crippen molar-refractivity contribution in [2.24, 2.45) is 5.14 Å². The van der Waals surface area contributed by atoms with Crippen molar-refractivity contribution in [3.8, 4) is 0 Å². The van der Waals surface area contributed by atoms with Gasteiger partial charge in [0, 0.05) is 18.3 Å². The Morgan fingerprint density at radius 2 is 1.76 bits per heavy atom. The number of sulfonamides is 2. The molecule has 0 aliphatic rings. The van der Waals surface area contributed by atoms with Gasteiger partial charge in [-0.2, -0.15) is 0 Å². The Morgan fingerprint density at radius 3 is 2.38 bits per heavy atom. The summed E-state index contributed by atoms with van der Waals surface area (Å²) in [5.74, 6) is -0.349. The lowest BCUT2D eigenvalue weighted by atomic mass is 10.1. The predicted molar refractivity (Wildman–Crippen MR) is 112 cm³/mol. The van der Waals surface area contributed by atoms with E-state index in [0.717, 1.165) is 0 Å². The van der Waals surface area contributed by atoms with Gasteiger partial charge in [-0.05, 0) is 49.2 Å². The maximum absolute atomic E-state index is 12.9. The number of primary sulfonamides is 1. The number of nitrogens with zero attached hydrogens (tertiary/aromatic N) is 1. The van der Waals surface area contributed by atoms with Crippen molar-refractivity contribution in [3.63, 3.8) is 0 Å². The van der Waals surface area contributed by atoms with Crippen LogP contribution in [-0.2, 0) is 20.0 Å². The van der Waals surface area contributed by atoms with Gasteiger partial charge < -0.3 is 4.90 Å². The Morgan fingerprint density at radius 1 is 1.10 bits per heavy atom. The maximum atomic E-state index is 12.9. The van der Waals surface area contributed by atoms with Crippen LogP contribution in [0.4, 0.5) is 5.69 Å². The predicted octanol–water partition coefficient (Wildman–Crippen LogP) is 2.32. The van der Waals surface area contributed by atoms with E-state index < -0.39 is 26.1 Å². The fourth-order valence-electron chi connectivity index (χ4n) is 2.77. The van der Waals surface area contributed by atoms with Crippen LogP contribution in [0, 0.1) is 0 Å². The molecule has 0 aliphatic heterocycles. The number of hydrogen-bond acceptors (Lipinski definition) is 5. The highest BCUT2D eigenvalue weighted by atomic mass is 32.2. The molecule has 0 aromatic heterocycles. The van der Waals surface area contributed by atoms with Gasteiger partial charge in [0.25, 0.3) is 5.91 Å². The molecule has 29 heavy (non-hydrogen) atoms. The molecule has 0 saturated heterocycles. The Bertz CT molecular complexity index is 1100. The number of nitrogens with two attached hydrogens (primary N) is 1. The van der Waals surface area contributed by atoms with Crippen molar-refractivity contribution in [3.05, 3.63) is 59.7 Å². The van der Waals surface area contributed by atoms with E-state index in [9.17, 15) is 21.6 Å². The second kappa shape index (κ2) is 8.93. The van der Waals surface area contributed by atoms with E-state index in [1.165, 1.54) is 23.1 Å². The van der Waals surface area contributed by atoms with Crippen LogP contribution in [0.1, 0.15) is 42.2 Å². The fourth-order valence-corrected chi connectivity index (χ4v) is 4.46. The van der Waals surface area contributed by atoms with Gasteiger partial charge in [0.05, 0.1) is 16.7 Å². The highest BCUT2D eigenvalue weighted by Gasteiger charge is 2.21. The van der Waals surface area contributed by atoms with Gasteiger partial charge in [0.1, 0.15) is 0 Å². The number of amides is 1. The van der Waals surface area contributed by atoms with E-state index in [1.54, 1.807) is 51.2 Å². The number of benzene rings is 2. The molecule has 0 aliphatic carbocycles. The summed E-state index contributed by atoms with van der Waals surface area (Å²) in [5, 5.41) is 5.18. The lowest BCUT2D eigenvalue weighted by molar-refractivity contribution is 0.0742. The molecule has 0 bridgehead atoms. The van der Waals surface area contributed by atoms with E-state index >= 15 is 0 Å². The Labute approximate surface area is 171 Å². The highest BCUT2D eigenvalue weighted by Crippen LogP contribution is 2.24. The van der Waals surface area contributed by atoms with Crippen molar-refractivity contribution in [2.75, 3.05) is 17.5 Å². The number of rotatable bonds is 8. The van der Waals surface area contributed by atoms with Gasteiger partial charge in [-0.1, -0.05) is 25.1 Å². The van der Waals surface area contributed by atoms with Crippen LogP contribution < -0.4 is 9.86 Å². The van der Waals surface area contributed by atoms with E-state index in [0.29, 0.717) is 23.2 Å². The first-order valence-electron chi connectivity index (χ1n) is 8.95. The summed E-state index contributed by atoms with van der Waals surface area (Å²) in [7, 11) is -5.73. The lowest BCUT2D eigenvalue weighted by Crippen LogP contribution is -2.30. The molecular formula is C19H25N3O5S2. The zero-order chi connectivity index (χ0) is 21.8. The molecule has 2 rings (SSSR count). The summed E-state index contributed by atoms with van der Waals surface area (Å²) < 4.78 is 49.5. The molecule has 0 heterocycles. The van der Waals surface area contributed by atoms with Crippen LogP contribution in [-0.4, -0.2) is 40.4 Å². The summed E-state index contributed by atoms with van der Waals surface area (Å²) in [5.41, 5.74) is 1.22. The molecule has 158 valence electrons. The van der Waals surface area contributed by atoms with Gasteiger partial charge in [-0.3, -0.25) is 9.52 Å². The monoisotopic (exact) mass is 439 g/mol. The van der Waals surface area contributed by atoms with Crippen LogP contribution in [0.25, 0.3) is 0 Å². The third-order valence-corrected chi connectivity index (χ3v) is 6.83. The molecule has 0 spiro atoms. The van der Waals surface area contributed by atoms with Crippen LogP contribution in [0.15, 0.2) is 53.4 Å². The van der Waals surface area contributed by atoms with Gasteiger partial charge in [0.2, 0.25) is 20.0 Å². The second-order valence-electron chi connectivity index (χ2n) is 6.71. The minimum atomic E-state index is -3.85. The van der Waals surface area contributed by atoms with Crippen molar-refractivity contribution >= 4 is 31.6 Å². The Kier molecular flexibility index (Phi) is 7.04. The molecule has 0 radical (unpaired) electrons. The zero-order valence-electron chi connectivity index (χ0n) is 16.5. The van der Waals surface area contributed by atoms with Crippen molar-refractivity contribution in [2.45, 2.75) is 31.2 Å². The van der Waals surface area contributed by atoms with Crippen molar-refractivity contribution in [1.82, 2.24) is 4.90 Å². The average Bonchev–Trinajstić information content (AvgIpc) is 2.65. The van der Waals surface area contributed by atoms with Crippen LogP contribution >= 0.6 is 0 Å². The molecule has 2 aromatic rings. The Hall–Kier alpha value is -2.43. The molecule has 1 unspecified atom stereocenters. The minimum absolute atomic E-state index is 0.0114. The molecular weight excluding hydrogens is 414 g/mol. The third-order valence-electron chi connectivity index (χ3n) is 4.43. The molecule has 0 saturated carbocycles. The molecule has 1 atom stereocenters. The fraction of sp³-hybridized carbons (Fsp3) is 0.316. The van der Waals surface area contributed by atoms with Crippen LogP contribution in [0.5, 0.6) is 0 Å². The molecule has 1 amide bonds. The molecule has 2 aromatic carbocycles. The summed E-state index contributed by atoms with van der Waals surface area (Å²) in [6, 6.07) is 11.9. The molecule has 3 N–H and O–H groups in total. The quantitative estimate of drug-likeness (QED) is 0.653. The van der Waals surface area contributed by atoms with Crippen molar-refractivity contribution in [1.29, 1.82) is 0 Å². The summed E-state index contributed by atoms with van der Waals surface area (Å²) in [4.78, 5) is 14.3. The lowest BCUT2D eigenvalue weighted by Gasteiger charge is -2.26. The number of anilines is 1. The van der Waals surface area contributed by atoms with Crippen molar-refractivity contribution < 1.29 is 21.6 Å². The first-order chi connectivity index (χ1) is 13.4. The highest BCUT2D eigenvalue weighted by molar-refractivity contribution is 7.92. The van der Waals surface area contributed by atoms with Gasteiger partial charge in [-0.25, -0.2) is 22.0 Å². The first-order valence-corrected chi connectivity index (χ1v) is 12.1. The SMILES string of the molecule is CCCS(=O)(=O)Nc1cccc(C(=O)N(C)C(C)c2cccc(S(N)(=O)=O)c2)c1. The Balaban J connectivity index is 2.25. The smallest absolute Gasteiger partial charge is 0.254 e. The van der Waals surface area contributed by atoms with E-state index in [4.69, 9.17) is 5.14 Å². The van der Waals surface area contributed by atoms with E-state index in [-0.39, 0.29) is 16.6 Å². The normalized spacial score (nSPS) is 13.0. The number of hydrogen-bond donors (Lipinski definition) is 2. The minimum Gasteiger partial charge on any atom is -0.335 e. The van der Waals surface area contributed by atoms with Gasteiger partial charge in [-0.15, -0.1) is 0 Å². The van der Waals surface area contributed by atoms with E-state index in [1.807, 2.05) is 0 Å². The van der Waals surface area contributed by atoms with Crippen LogP contribution in [0.2, 0.25) is 0 Å². The van der Waals surface area contributed by atoms with Gasteiger partial charge in [0.15, 0.2) is 0 Å². The third kappa shape index (κ3) is 6.02. The standard InChI is InChI=1S/C19H25N3O5S2/c1-4-11-28(24,25)21-17-9-5-8-16(12-17)19(23)22(3)14(2)15-7-6-10-18(13-15)29(20,26)27/h5-10,12-14,21H,4,11H2,1-3H3,(H2,20,26,27). The van der Waals surface area contributed by atoms with Gasteiger partial charge >= 0.3 is 0 Å². The largest absolute Gasteiger partial charge is 0.335 e. The molecule has 0 fully saturated rings. The van der Waals surface area contributed by atoms with E-state index in [2.05, 4.69) is 4.72 Å². The van der Waals surface area contributed by atoms with Crippen LogP contribution in [0.3, 0.4) is 0 Å². The zero-order valence-corrected chi connectivity index (χ0v) is 18.1. The number of carbonyl (C=O) groups excluding carboxylic acids is 1. The first kappa shape index (κ1) is 22.9. The number of nitrogens with one attached hydrogen (secondary N) is 1. The average molecular weight is 440 g/mol. The summed E-state index contributed by atoms with van der Waals surface area (Å²) in [6.07, 6.45) is 0.478. The summed E-state index contributed by atoms with van der Waals surface area (Å²) >= 11 is 0. The second-order valence-corrected chi connectivity index (χ2v) is 10.1. The molecule has 8 nitrogen and oxygen atoms in total. The molecule has 10 heteroatoms. The topological polar surface area (TPSA) is 127 Å². The maximum Gasteiger partial charge on any atom is 0.254 e. The summed E-state index contributed by atoms with van der Waals surface area (Å²) in [6.45, 7) is 3.52. The number of carbonyl (C=O) groups is 1.